The molecule has 3 rings (SSSR count). The molecule has 8 heteroatoms. The zero-order valence-electron chi connectivity index (χ0n) is 9.80. The molecule has 19 heavy (non-hydrogen) atoms. The van der Waals surface area contributed by atoms with Crippen LogP contribution in [0.25, 0.3) is 11.0 Å². The maximum absolute atomic E-state index is 11.6. The molecule has 2 aromatic heterocycles. The Balaban J connectivity index is 2.06. The van der Waals surface area contributed by atoms with E-state index in [0.717, 1.165) is 0 Å². The minimum atomic E-state index is -1.23. The third-order valence-electron chi connectivity index (χ3n) is 3.27. The fourth-order valence-corrected chi connectivity index (χ4v) is 2.25. The number of aromatic amines is 1. The van der Waals surface area contributed by atoms with Crippen molar-refractivity contribution in [2.45, 2.75) is 24.5 Å². The first-order valence-corrected chi connectivity index (χ1v) is 5.81. The Bertz CT molecular complexity index is 651. The third-order valence-corrected chi connectivity index (χ3v) is 3.27. The van der Waals surface area contributed by atoms with E-state index in [0.29, 0.717) is 11.0 Å². The van der Waals surface area contributed by atoms with E-state index < -0.39 is 31.1 Å². The predicted molar refractivity (Wildman–Crippen MR) is 63.4 cm³/mol. The summed E-state index contributed by atoms with van der Waals surface area (Å²) in [6.07, 6.45) is -1.45. The van der Waals surface area contributed by atoms with Gasteiger partial charge in [-0.3, -0.25) is 4.79 Å². The van der Waals surface area contributed by atoms with Gasteiger partial charge in [-0.05, 0) is 0 Å². The molecule has 2 aromatic rings. The summed E-state index contributed by atoms with van der Waals surface area (Å²) in [6, 6.07) is 1.37. The van der Waals surface area contributed by atoms with E-state index in [4.69, 9.17) is 9.84 Å². The van der Waals surface area contributed by atoms with Crippen LogP contribution in [0.5, 0.6) is 0 Å². The first kappa shape index (κ1) is 12.3. The van der Waals surface area contributed by atoms with Crippen LogP contribution in [0.1, 0.15) is 6.23 Å². The van der Waals surface area contributed by atoms with Gasteiger partial charge in [0.1, 0.15) is 24.0 Å². The Labute approximate surface area is 106 Å². The molecule has 0 aromatic carbocycles. The molecule has 0 bridgehead atoms. The van der Waals surface area contributed by atoms with E-state index in [1.165, 1.54) is 23.1 Å². The Morgan fingerprint density at radius 1 is 1.42 bits per heavy atom. The molecular weight excluding hydrogens is 254 g/mol. The van der Waals surface area contributed by atoms with Crippen molar-refractivity contribution in [3.05, 3.63) is 28.7 Å². The van der Waals surface area contributed by atoms with Crippen molar-refractivity contribution in [1.29, 1.82) is 0 Å². The number of hydrogen-bond acceptors (Lipinski definition) is 6. The number of hydrogen-bond donors (Lipinski definition) is 4. The summed E-state index contributed by atoms with van der Waals surface area (Å²) in [5, 5.41) is 33.0. The standard InChI is InChI=1S/C11H13N3O5/c15-4-7-8(17)9(18)11(19-7)14-10-5(3-13-14)6(16)1-2-12-10/h1-3,7-9,11,15,17-18H,4H2,(H,12,16)/t7-,8-,9+,11?/m1/s1. The highest BCUT2D eigenvalue weighted by Crippen LogP contribution is 2.30. The molecule has 0 saturated carbocycles. The highest BCUT2D eigenvalue weighted by atomic mass is 16.6. The Kier molecular flexibility index (Phi) is 2.86. The first-order valence-electron chi connectivity index (χ1n) is 5.81. The summed E-state index contributed by atoms with van der Waals surface area (Å²) in [5.74, 6) is 0. The molecule has 0 aliphatic carbocycles. The molecule has 3 heterocycles. The van der Waals surface area contributed by atoms with E-state index in [1.54, 1.807) is 0 Å². The SMILES string of the molecule is O=c1cc[nH]c2c1cnn2C1O[C@H](CO)[C@@H](O)[C@@H]1O. The number of nitrogens with one attached hydrogen (secondary N) is 1. The van der Waals surface area contributed by atoms with Crippen LogP contribution in [-0.2, 0) is 4.74 Å². The van der Waals surface area contributed by atoms with Crippen LogP contribution in [0.15, 0.2) is 23.3 Å². The lowest BCUT2D eigenvalue weighted by molar-refractivity contribution is -0.0566. The number of aliphatic hydroxyl groups excluding tert-OH is 3. The van der Waals surface area contributed by atoms with Gasteiger partial charge in [0.15, 0.2) is 11.7 Å². The van der Waals surface area contributed by atoms with Crippen molar-refractivity contribution in [2.24, 2.45) is 0 Å². The van der Waals surface area contributed by atoms with Gasteiger partial charge in [0.25, 0.3) is 0 Å². The molecule has 0 amide bonds. The number of H-pyrrole nitrogens is 1. The second kappa shape index (κ2) is 4.42. The van der Waals surface area contributed by atoms with Crippen molar-refractivity contribution >= 4 is 11.0 Å². The summed E-state index contributed by atoms with van der Waals surface area (Å²) in [7, 11) is 0. The largest absolute Gasteiger partial charge is 0.394 e. The number of nitrogens with zero attached hydrogens (tertiary/aromatic N) is 2. The average Bonchev–Trinajstić information content (AvgIpc) is 2.94. The Hall–Kier alpha value is -1.74. The first-order chi connectivity index (χ1) is 9.13. The molecule has 1 aliphatic heterocycles. The lowest BCUT2D eigenvalue weighted by Gasteiger charge is -2.15. The Morgan fingerprint density at radius 2 is 2.21 bits per heavy atom. The van der Waals surface area contributed by atoms with E-state index in [1.807, 2.05) is 0 Å². The molecular formula is C11H13N3O5. The zero-order valence-corrected chi connectivity index (χ0v) is 9.80. The zero-order chi connectivity index (χ0) is 13.6. The maximum atomic E-state index is 11.6. The van der Waals surface area contributed by atoms with Gasteiger partial charge in [0.2, 0.25) is 0 Å². The van der Waals surface area contributed by atoms with Gasteiger partial charge in [-0.25, -0.2) is 4.68 Å². The maximum Gasteiger partial charge on any atom is 0.192 e. The normalized spacial score (nSPS) is 31.1. The van der Waals surface area contributed by atoms with Gasteiger partial charge in [-0.15, -0.1) is 0 Å². The third kappa shape index (κ3) is 1.77. The van der Waals surface area contributed by atoms with E-state index in [-0.39, 0.29) is 5.43 Å². The molecule has 102 valence electrons. The summed E-state index contributed by atoms with van der Waals surface area (Å²) in [4.78, 5) is 14.5. The number of rotatable bonds is 2. The quantitative estimate of drug-likeness (QED) is 0.516. The molecule has 0 spiro atoms. The molecule has 1 fully saturated rings. The van der Waals surface area contributed by atoms with Crippen molar-refractivity contribution in [3.63, 3.8) is 0 Å². The van der Waals surface area contributed by atoms with E-state index in [2.05, 4.69) is 10.1 Å². The number of fused-ring (bicyclic) bond motifs is 1. The van der Waals surface area contributed by atoms with Crippen LogP contribution in [0.3, 0.4) is 0 Å². The van der Waals surface area contributed by atoms with E-state index >= 15 is 0 Å². The second-order valence-corrected chi connectivity index (χ2v) is 4.42. The number of pyridine rings is 1. The van der Waals surface area contributed by atoms with Gasteiger partial charge < -0.3 is 25.0 Å². The Morgan fingerprint density at radius 3 is 2.89 bits per heavy atom. The highest BCUT2D eigenvalue weighted by molar-refractivity contribution is 5.73. The summed E-state index contributed by atoms with van der Waals surface area (Å²) in [6.45, 7) is -0.412. The van der Waals surface area contributed by atoms with Crippen LogP contribution in [0.2, 0.25) is 0 Å². The van der Waals surface area contributed by atoms with Crippen LogP contribution in [-0.4, -0.2) is 55.0 Å². The van der Waals surface area contributed by atoms with Crippen LogP contribution in [0.4, 0.5) is 0 Å². The summed E-state index contributed by atoms with van der Waals surface area (Å²) in [5.41, 5.74) is 0.189. The van der Waals surface area contributed by atoms with E-state index in [9.17, 15) is 15.0 Å². The molecule has 1 saturated heterocycles. The van der Waals surface area contributed by atoms with Gasteiger partial charge in [0.05, 0.1) is 18.2 Å². The monoisotopic (exact) mass is 267 g/mol. The van der Waals surface area contributed by atoms with Crippen LogP contribution in [0, 0.1) is 0 Å². The molecule has 4 N–H and O–H groups in total. The lowest BCUT2D eigenvalue weighted by Crippen LogP contribution is -2.33. The predicted octanol–water partition coefficient (Wildman–Crippen LogP) is -1.66. The lowest BCUT2D eigenvalue weighted by atomic mass is 10.1. The molecule has 0 radical (unpaired) electrons. The highest BCUT2D eigenvalue weighted by Gasteiger charge is 2.44. The topological polar surface area (TPSA) is 121 Å². The molecule has 1 unspecified atom stereocenters. The fraction of sp³-hybridized carbons (Fsp3) is 0.455. The van der Waals surface area contributed by atoms with Crippen molar-refractivity contribution in [1.82, 2.24) is 14.8 Å². The van der Waals surface area contributed by atoms with Crippen molar-refractivity contribution in [2.75, 3.05) is 6.61 Å². The van der Waals surface area contributed by atoms with Gasteiger partial charge >= 0.3 is 0 Å². The van der Waals surface area contributed by atoms with Crippen LogP contribution < -0.4 is 5.43 Å². The smallest absolute Gasteiger partial charge is 0.192 e. The molecule has 4 atom stereocenters. The summed E-state index contributed by atoms with van der Waals surface area (Å²) >= 11 is 0. The number of ether oxygens (including phenoxy) is 1. The minimum absolute atomic E-state index is 0.202. The summed E-state index contributed by atoms with van der Waals surface area (Å²) < 4.78 is 6.65. The van der Waals surface area contributed by atoms with Gasteiger partial charge in [0, 0.05) is 12.3 Å². The van der Waals surface area contributed by atoms with Crippen molar-refractivity contribution in [3.8, 4) is 0 Å². The van der Waals surface area contributed by atoms with Crippen molar-refractivity contribution < 1.29 is 20.1 Å². The molecule has 8 nitrogen and oxygen atoms in total. The van der Waals surface area contributed by atoms with Crippen LogP contribution >= 0.6 is 0 Å². The average molecular weight is 267 g/mol. The molecule has 1 aliphatic rings. The minimum Gasteiger partial charge on any atom is -0.394 e. The van der Waals surface area contributed by atoms with Gasteiger partial charge in [-0.2, -0.15) is 5.10 Å². The second-order valence-electron chi connectivity index (χ2n) is 4.42. The fourth-order valence-electron chi connectivity index (χ4n) is 2.25. The number of aliphatic hydroxyl groups is 3. The van der Waals surface area contributed by atoms with Gasteiger partial charge in [-0.1, -0.05) is 0 Å². The number of aromatic nitrogens is 3.